The second-order valence-electron chi connectivity index (χ2n) is 4.25. The van der Waals surface area contributed by atoms with E-state index < -0.39 is 37.5 Å². The third-order valence-corrected chi connectivity index (χ3v) is 8.29. The van der Waals surface area contributed by atoms with Crippen LogP contribution in [0, 0.1) is 0 Å². The normalized spacial score (nSPS) is 20.7. The van der Waals surface area contributed by atoms with Gasteiger partial charge in [0.2, 0.25) is 13.6 Å². The van der Waals surface area contributed by atoms with Gasteiger partial charge in [-0.25, -0.2) is 18.1 Å². The van der Waals surface area contributed by atoms with Gasteiger partial charge in [0.05, 0.1) is 16.1 Å². The number of hydrogen-bond donors (Lipinski definition) is 0. The van der Waals surface area contributed by atoms with Crippen molar-refractivity contribution in [2.75, 3.05) is 0 Å². The first-order valence-corrected chi connectivity index (χ1v) is 10.8. The Labute approximate surface area is 179 Å². The van der Waals surface area contributed by atoms with Crippen LogP contribution in [0.15, 0.2) is 0 Å². The molecular formula is C9H12Cl9O4P. The van der Waals surface area contributed by atoms with E-state index in [2.05, 4.69) is 0 Å². The van der Waals surface area contributed by atoms with Crippen LogP contribution in [0.25, 0.3) is 0 Å². The van der Waals surface area contributed by atoms with E-state index in [4.69, 9.17) is 118 Å². The van der Waals surface area contributed by atoms with Gasteiger partial charge in [0.25, 0.3) is 0 Å². The Balaban J connectivity index is 5.67. The molecule has 0 aromatic heterocycles. The summed E-state index contributed by atoms with van der Waals surface area (Å²) in [6.45, 7) is 4.05. The summed E-state index contributed by atoms with van der Waals surface area (Å²) in [7, 11) is -4.79. The lowest BCUT2D eigenvalue weighted by molar-refractivity contribution is 0.0547. The smallest absolute Gasteiger partial charge is 0.248 e. The molecule has 0 aromatic rings. The largest absolute Gasteiger partial charge is 0.482 e. The zero-order valence-electron chi connectivity index (χ0n) is 11.7. The van der Waals surface area contributed by atoms with E-state index in [1.54, 1.807) is 0 Å². The fraction of sp³-hybridized carbons (Fsp3) is 1.00. The summed E-state index contributed by atoms with van der Waals surface area (Å²) < 4.78 is 20.9. The summed E-state index contributed by atoms with van der Waals surface area (Å²) in [4.78, 5) is 0. The van der Waals surface area contributed by atoms with Crippen LogP contribution < -0.4 is 0 Å². The monoisotopic (exact) mass is 530 g/mol. The van der Waals surface area contributed by atoms with E-state index in [-0.39, 0.29) is 0 Å². The lowest BCUT2D eigenvalue weighted by atomic mass is 10.5. The Hall–Kier alpha value is 2.72. The van der Waals surface area contributed by atoms with Crippen molar-refractivity contribution in [3.63, 3.8) is 0 Å². The Morgan fingerprint density at radius 2 is 0.826 bits per heavy atom. The Morgan fingerprint density at radius 1 is 0.652 bits per heavy atom. The number of alkyl halides is 9. The van der Waals surface area contributed by atoms with Crippen molar-refractivity contribution in [2.24, 2.45) is 0 Å². The molecule has 0 saturated heterocycles. The molecule has 3 atom stereocenters. The highest BCUT2D eigenvalue weighted by molar-refractivity contribution is 7.49. The van der Waals surface area contributed by atoms with Crippen molar-refractivity contribution in [3.8, 4) is 0 Å². The quantitative estimate of drug-likeness (QED) is 0.228. The second kappa shape index (κ2) is 9.28. The minimum Gasteiger partial charge on any atom is -0.248 e. The lowest BCUT2D eigenvalue weighted by Gasteiger charge is -2.34. The van der Waals surface area contributed by atoms with Crippen molar-refractivity contribution >= 4 is 112 Å². The maximum Gasteiger partial charge on any atom is 0.482 e. The van der Waals surface area contributed by atoms with Gasteiger partial charge in [0.1, 0.15) is 0 Å². The molecule has 140 valence electrons. The van der Waals surface area contributed by atoms with Crippen molar-refractivity contribution < 1.29 is 18.1 Å². The topological polar surface area (TPSA) is 44.8 Å². The molecule has 0 heterocycles. The number of hydrogen-bond acceptors (Lipinski definition) is 4. The zero-order chi connectivity index (χ0) is 18.9. The summed E-state index contributed by atoms with van der Waals surface area (Å²) in [6.07, 6.45) is 0. The number of rotatable bonds is 9. The highest BCUT2D eigenvalue weighted by Crippen LogP contribution is 2.63. The molecule has 0 N–H and O–H groups in total. The predicted octanol–water partition coefficient (Wildman–Crippen LogP) is 7.42. The number of phosphoric acid groups is 1. The highest BCUT2D eigenvalue weighted by atomic mass is 35.5. The standard InChI is InChI=1S/C9H12Cl9O4P/c1-4(10)7(13,14)20-23(19,21-8(15,16)5(2)11)22-9(17,18)6(3)12/h4-6H,1-3H3. The average Bonchev–Trinajstić information content (AvgIpc) is 2.24. The van der Waals surface area contributed by atoms with E-state index in [9.17, 15) is 4.57 Å². The third kappa shape index (κ3) is 8.51. The van der Waals surface area contributed by atoms with Crippen LogP contribution in [-0.4, -0.2) is 29.7 Å². The van der Waals surface area contributed by atoms with Gasteiger partial charge in [-0.15, -0.1) is 34.8 Å². The van der Waals surface area contributed by atoms with E-state index in [1.807, 2.05) is 0 Å². The molecule has 0 aromatic carbocycles. The minimum atomic E-state index is -4.79. The van der Waals surface area contributed by atoms with Gasteiger partial charge in [0.15, 0.2) is 0 Å². The summed E-state index contributed by atoms with van der Waals surface area (Å²) in [5.74, 6) is 0. The van der Waals surface area contributed by atoms with Gasteiger partial charge in [-0.3, -0.25) is 0 Å². The van der Waals surface area contributed by atoms with Crippen LogP contribution in [0.1, 0.15) is 20.8 Å². The van der Waals surface area contributed by atoms with Gasteiger partial charge < -0.3 is 0 Å². The molecule has 0 aliphatic heterocycles. The van der Waals surface area contributed by atoms with Crippen LogP contribution in [0.2, 0.25) is 0 Å². The molecule has 23 heavy (non-hydrogen) atoms. The fourth-order valence-corrected chi connectivity index (χ4v) is 4.04. The molecule has 0 fully saturated rings. The van der Waals surface area contributed by atoms with Crippen molar-refractivity contribution in [1.82, 2.24) is 0 Å². The molecule has 0 saturated carbocycles. The lowest BCUT2D eigenvalue weighted by Crippen LogP contribution is -2.35. The Morgan fingerprint density at radius 3 is 0.957 bits per heavy atom. The van der Waals surface area contributed by atoms with E-state index >= 15 is 0 Å². The van der Waals surface area contributed by atoms with Crippen LogP contribution in [0.5, 0.6) is 0 Å². The van der Waals surface area contributed by atoms with Crippen LogP contribution in [0.3, 0.4) is 0 Å². The Kier molecular flexibility index (Phi) is 10.4. The van der Waals surface area contributed by atoms with Crippen LogP contribution >= 0.6 is 112 Å². The van der Waals surface area contributed by atoms with Crippen molar-refractivity contribution in [2.45, 2.75) is 50.5 Å². The third-order valence-electron chi connectivity index (χ3n) is 2.09. The predicted molar refractivity (Wildman–Crippen MR) is 100 cm³/mol. The van der Waals surface area contributed by atoms with Gasteiger partial charge in [-0.2, -0.15) is 0 Å². The van der Waals surface area contributed by atoms with Gasteiger partial charge in [-0.1, -0.05) is 69.6 Å². The molecule has 0 aliphatic carbocycles. The minimum absolute atomic E-state index is 1.06. The zero-order valence-corrected chi connectivity index (χ0v) is 19.4. The van der Waals surface area contributed by atoms with Crippen LogP contribution in [0.4, 0.5) is 0 Å². The van der Waals surface area contributed by atoms with Gasteiger partial charge >= 0.3 is 7.82 Å². The molecule has 3 unspecified atom stereocenters. The number of phosphoric ester groups is 1. The molecule has 0 radical (unpaired) electrons. The fourth-order valence-electron chi connectivity index (χ4n) is 0.721. The summed E-state index contributed by atoms with van der Waals surface area (Å²) >= 11 is 52.1. The second-order valence-corrected chi connectivity index (χ2v) is 11.6. The molecule has 0 rings (SSSR count). The first kappa shape index (κ1) is 25.7. The summed E-state index contributed by atoms with van der Waals surface area (Å²) in [5, 5.41) is -3.19. The highest BCUT2D eigenvalue weighted by Gasteiger charge is 2.52. The van der Waals surface area contributed by atoms with E-state index in [0.29, 0.717) is 0 Å². The maximum absolute atomic E-state index is 12.8. The molecule has 4 nitrogen and oxygen atoms in total. The maximum atomic E-state index is 12.8. The van der Waals surface area contributed by atoms with E-state index in [0.717, 1.165) is 0 Å². The average molecular weight is 534 g/mol. The molecule has 0 aliphatic rings. The van der Waals surface area contributed by atoms with Gasteiger partial charge in [-0.05, 0) is 20.8 Å². The molecule has 0 spiro atoms. The molecule has 0 amide bonds. The molecular weight excluding hydrogens is 522 g/mol. The van der Waals surface area contributed by atoms with Crippen molar-refractivity contribution in [1.29, 1.82) is 0 Å². The van der Waals surface area contributed by atoms with Crippen molar-refractivity contribution in [3.05, 3.63) is 0 Å². The van der Waals surface area contributed by atoms with Gasteiger partial charge in [0, 0.05) is 0 Å². The SMILES string of the molecule is CC(Cl)C(Cl)(Cl)OP(=O)(OC(Cl)(Cl)C(C)Cl)OC(Cl)(Cl)C(C)Cl. The summed E-state index contributed by atoms with van der Waals surface area (Å²) in [6, 6.07) is 0. The van der Waals surface area contributed by atoms with Crippen LogP contribution in [-0.2, 0) is 18.1 Å². The molecule has 14 heteroatoms. The molecule has 0 bridgehead atoms. The first-order valence-electron chi connectivity index (χ1n) is 5.73. The van der Waals surface area contributed by atoms with E-state index in [1.165, 1.54) is 20.8 Å². The summed E-state index contributed by atoms with van der Waals surface area (Å²) in [5.41, 5.74) is 0. The first-order chi connectivity index (χ1) is 9.95. The number of halogens is 9. The Bertz CT molecular complexity index is 379.